The zero-order chi connectivity index (χ0) is 17.0. The van der Waals surface area contributed by atoms with E-state index in [1.54, 1.807) is 12.1 Å². The molecule has 1 N–H and O–H groups in total. The molecular formula is C16H21NO6. The molecule has 0 spiro atoms. The lowest BCUT2D eigenvalue weighted by molar-refractivity contribution is -0.140. The number of ether oxygens (including phenoxy) is 3. The van der Waals surface area contributed by atoms with Crippen LogP contribution in [-0.2, 0) is 20.9 Å². The molecule has 0 saturated carbocycles. The molecule has 126 valence electrons. The Morgan fingerprint density at radius 3 is 2.70 bits per heavy atom. The minimum Gasteiger partial charge on any atom is -0.490 e. The number of carbonyl (C=O) groups excluding carboxylic acids is 2. The van der Waals surface area contributed by atoms with Crippen molar-refractivity contribution in [1.82, 2.24) is 0 Å². The molecule has 2 rings (SSSR count). The van der Waals surface area contributed by atoms with Gasteiger partial charge in [0.15, 0.2) is 17.6 Å². The van der Waals surface area contributed by atoms with Gasteiger partial charge in [0.05, 0.1) is 26.0 Å². The summed E-state index contributed by atoms with van der Waals surface area (Å²) in [7, 11) is 1.27. The molecule has 0 aliphatic carbocycles. The molecule has 1 aromatic carbocycles. The minimum absolute atomic E-state index is 0.217. The first-order valence-electron chi connectivity index (χ1n) is 7.51. The number of amides is 1. The van der Waals surface area contributed by atoms with Crippen molar-refractivity contribution in [2.45, 2.75) is 33.0 Å². The lowest BCUT2D eigenvalue weighted by Gasteiger charge is -2.34. The second-order valence-electron chi connectivity index (χ2n) is 5.05. The molecule has 0 radical (unpaired) electrons. The number of aliphatic hydroxyl groups excluding tert-OH is 1. The molecule has 1 unspecified atom stereocenters. The highest BCUT2D eigenvalue weighted by molar-refractivity contribution is 6.03. The number of esters is 1. The predicted molar refractivity (Wildman–Crippen MR) is 82.6 cm³/mol. The second-order valence-corrected chi connectivity index (χ2v) is 5.05. The lowest BCUT2D eigenvalue weighted by atomic mass is 10.1. The van der Waals surface area contributed by atoms with Gasteiger partial charge in [-0.1, -0.05) is 6.92 Å². The number of methoxy groups -OCH3 is 1. The highest BCUT2D eigenvalue weighted by Gasteiger charge is 2.36. The Morgan fingerprint density at radius 2 is 2.13 bits per heavy atom. The first kappa shape index (κ1) is 17.1. The smallest absolute Gasteiger partial charge is 0.325 e. The van der Waals surface area contributed by atoms with Crippen LogP contribution >= 0.6 is 0 Å². The minimum atomic E-state index is -0.689. The number of rotatable bonds is 6. The van der Waals surface area contributed by atoms with E-state index in [-0.39, 0.29) is 19.1 Å². The van der Waals surface area contributed by atoms with E-state index in [1.807, 2.05) is 13.8 Å². The molecule has 1 aliphatic rings. The average Bonchev–Trinajstić information content (AvgIpc) is 2.57. The van der Waals surface area contributed by atoms with E-state index in [9.17, 15) is 14.7 Å². The van der Waals surface area contributed by atoms with Crippen molar-refractivity contribution in [2.75, 3.05) is 25.2 Å². The van der Waals surface area contributed by atoms with Crippen molar-refractivity contribution in [3.05, 3.63) is 17.7 Å². The number of hydrogen-bond acceptors (Lipinski definition) is 6. The molecular weight excluding hydrogens is 302 g/mol. The number of aliphatic hydroxyl groups is 1. The summed E-state index contributed by atoms with van der Waals surface area (Å²) in [6.45, 7) is 3.63. The molecule has 23 heavy (non-hydrogen) atoms. The van der Waals surface area contributed by atoms with Crippen molar-refractivity contribution >= 4 is 17.6 Å². The molecule has 1 heterocycles. The zero-order valence-electron chi connectivity index (χ0n) is 13.5. The molecule has 1 aliphatic heterocycles. The van der Waals surface area contributed by atoms with E-state index in [2.05, 4.69) is 4.74 Å². The highest BCUT2D eigenvalue weighted by atomic mass is 16.5. The summed E-state index contributed by atoms with van der Waals surface area (Å²) in [5.74, 6) is -0.00868. The molecule has 1 aromatic rings. The third kappa shape index (κ3) is 3.39. The van der Waals surface area contributed by atoms with Crippen LogP contribution in [0.5, 0.6) is 11.5 Å². The molecule has 1 atom stereocenters. The van der Waals surface area contributed by atoms with Crippen LogP contribution in [0.1, 0.15) is 25.8 Å². The molecule has 7 heteroatoms. The van der Waals surface area contributed by atoms with Crippen LogP contribution < -0.4 is 14.4 Å². The lowest BCUT2D eigenvalue weighted by Crippen LogP contribution is -2.48. The maximum absolute atomic E-state index is 12.5. The first-order chi connectivity index (χ1) is 11.0. The van der Waals surface area contributed by atoms with Crippen molar-refractivity contribution in [3.8, 4) is 11.5 Å². The van der Waals surface area contributed by atoms with E-state index in [0.29, 0.717) is 35.8 Å². The van der Waals surface area contributed by atoms with Crippen LogP contribution in [0, 0.1) is 0 Å². The van der Waals surface area contributed by atoms with Gasteiger partial charge in [-0.2, -0.15) is 0 Å². The van der Waals surface area contributed by atoms with Gasteiger partial charge in [0, 0.05) is 0 Å². The van der Waals surface area contributed by atoms with Gasteiger partial charge in [-0.25, -0.2) is 0 Å². The Morgan fingerprint density at radius 1 is 1.39 bits per heavy atom. The average molecular weight is 323 g/mol. The quantitative estimate of drug-likeness (QED) is 0.793. The number of fused-ring (bicyclic) bond motifs is 1. The summed E-state index contributed by atoms with van der Waals surface area (Å²) in [6, 6.07) is 3.28. The van der Waals surface area contributed by atoms with E-state index in [1.165, 1.54) is 12.0 Å². The SMILES string of the molecule is CCOc1cc(CO)cc2c1OC(CC)C(=O)N2CC(=O)OC. The number of nitrogens with zero attached hydrogens (tertiary/aromatic N) is 1. The molecule has 0 saturated heterocycles. The van der Waals surface area contributed by atoms with Crippen LogP contribution in [0.15, 0.2) is 12.1 Å². The Hall–Kier alpha value is -2.28. The largest absolute Gasteiger partial charge is 0.490 e. The van der Waals surface area contributed by atoms with Crippen molar-refractivity contribution in [1.29, 1.82) is 0 Å². The van der Waals surface area contributed by atoms with E-state index >= 15 is 0 Å². The Kier molecular flexibility index (Phi) is 5.44. The summed E-state index contributed by atoms with van der Waals surface area (Å²) >= 11 is 0. The van der Waals surface area contributed by atoms with Gasteiger partial charge >= 0.3 is 5.97 Å². The Balaban J connectivity index is 2.54. The predicted octanol–water partition coefficient (Wildman–Crippen LogP) is 1.25. The molecule has 7 nitrogen and oxygen atoms in total. The topological polar surface area (TPSA) is 85.3 Å². The van der Waals surface area contributed by atoms with E-state index in [0.717, 1.165) is 0 Å². The maximum Gasteiger partial charge on any atom is 0.325 e. The third-order valence-electron chi connectivity index (χ3n) is 3.56. The van der Waals surface area contributed by atoms with E-state index in [4.69, 9.17) is 9.47 Å². The van der Waals surface area contributed by atoms with Crippen molar-refractivity contribution in [3.63, 3.8) is 0 Å². The normalized spacial score (nSPS) is 16.6. The van der Waals surface area contributed by atoms with Crippen LogP contribution in [0.4, 0.5) is 5.69 Å². The third-order valence-corrected chi connectivity index (χ3v) is 3.56. The molecule has 0 fully saturated rings. The fourth-order valence-corrected chi connectivity index (χ4v) is 2.42. The summed E-state index contributed by atoms with van der Waals surface area (Å²) in [5, 5.41) is 9.42. The summed E-state index contributed by atoms with van der Waals surface area (Å²) < 4.78 is 16.0. The van der Waals surface area contributed by atoms with Crippen LogP contribution in [-0.4, -0.2) is 43.3 Å². The van der Waals surface area contributed by atoms with Crippen LogP contribution in [0.25, 0.3) is 0 Å². The van der Waals surface area contributed by atoms with Gasteiger partial charge in [0.2, 0.25) is 0 Å². The van der Waals surface area contributed by atoms with Gasteiger partial charge < -0.3 is 19.3 Å². The standard InChI is InChI=1S/C16H21NO6/c1-4-12-16(20)17(8-14(19)21-3)11-6-10(9-18)7-13(22-5-2)15(11)23-12/h6-7,12,18H,4-5,8-9H2,1-3H3. The number of anilines is 1. The maximum atomic E-state index is 12.5. The number of benzene rings is 1. The van der Waals surface area contributed by atoms with Gasteiger partial charge in [-0.3, -0.25) is 14.5 Å². The summed E-state index contributed by atoms with van der Waals surface area (Å²) in [5.41, 5.74) is 0.966. The fraction of sp³-hybridized carbons (Fsp3) is 0.500. The Bertz CT molecular complexity index is 600. The Labute approximate surface area is 134 Å². The van der Waals surface area contributed by atoms with Crippen LogP contribution in [0.3, 0.4) is 0 Å². The molecule has 0 bridgehead atoms. The van der Waals surface area contributed by atoms with Gasteiger partial charge in [-0.15, -0.1) is 0 Å². The molecule has 0 aromatic heterocycles. The highest BCUT2D eigenvalue weighted by Crippen LogP contribution is 2.43. The monoisotopic (exact) mass is 323 g/mol. The second kappa shape index (κ2) is 7.32. The summed E-state index contributed by atoms with van der Waals surface area (Å²) in [4.78, 5) is 25.5. The zero-order valence-corrected chi connectivity index (χ0v) is 13.5. The van der Waals surface area contributed by atoms with Crippen molar-refractivity contribution in [2.24, 2.45) is 0 Å². The fourth-order valence-electron chi connectivity index (χ4n) is 2.42. The first-order valence-corrected chi connectivity index (χ1v) is 7.51. The number of hydrogen-bond donors (Lipinski definition) is 1. The van der Waals surface area contributed by atoms with Gasteiger partial charge in [0.25, 0.3) is 5.91 Å². The van der Waals surface area contributed by atoms with Crippen LogP contribution in [0.2, 0.25) is 0 Å². The van der Waals surface area contributed by atoms with E-state index < -0.39 is 12.1 Å². The summed E-state index contributed by atoms with van der Waals surface area (Å²) in [6.07, 6.45) is -0.227. The van der Waals surface area contributed by atoms with Crippen molar-refractivity contribution < 1.29 is 28.9 Å². The van der Waals surface area contributed by atoms with Gasteiger partial charge in [0.1, 0.15) is 6.54 Å². The van der Waals surface area contributed by atoms with Gasteiger partial charge in [-0.05, 0) is 31.0 Å². The number of carbonyl (C=O) groups is 2. The molecule has 1 amide bonds.